The zero-order valence-electron chi connectivity index (χ0n) is 17.4. The highest BCUT2D eigenvalue weighted by molar-refractivity contribution is 6.01. The van der Waals surface area contributed by atoms with Gasteiger partial charge in [0.15, 0.2) is 0 Å². The molecule has 0 bridgehead atoms. The number of anilines is 2. The average Bonchev–Trinajstić information content (AvgIpc) is 3.12. The molecule has 3 aromatic heterocycles. The van der Waals surface area contributed by atoms with E-state index < -0.39 is 0 Å². The molecule has 31 heavy (non-hydrogen) atoms. The molecule has 5 rings (SSSR count). The lowest BCUT2D eigenvalue weighted by Crippen LogP contribution is -2.11. The fourth-order valence-corrected chi connectivity index (χ4v) is 4.90. The van der Waals surface area contributed by atoms with Gasteiger partial charge < -0.3 is 11.1 Å². The summed E-state index contributed by atoms with van der Waals surface area (Å²) in [7, 11) is 0. The van der Waals surface area contributed by atoms with Crippen LogP contribution in [0.3, 0.4) is 0 Å². The maximum atomic E-state index is 12.5. The second-order valence-corrected chi connectivity index (χ2v) is 8.77. The number of pyridine rings is 3. The molecule has 154 valence electrons. The Morgan fingerprint density at radius 2 is 2.23 bits per heavy atom. The van der Waals surface area contributed by atoms with Crippen LogP contribution in [0.2, 0.25) is 0 Å². The zero-order chi connectivity index (χ0) is 21.8. The van der Waals surface area contributed by atoms with Crippen molar-refractivity contribution in [3.63, 3.8) is 0 Å². The van der Waals surface area contributed by atoms with Gasteiger partial charge in [-0.2, -0.15) is 5.26 Å². The molecule has 0 spiro atoms. The molecule has 3 N–H and O–H groups in total. The van der Waals surface area contributed by atoms with E-state index in [9.17, 15) is 10.1 Å². The first-order valence-corrected chi connectivity index (χ1v) is 10.3. The van der Waals surface area contributed by atoms with E-state index in [1.165, 1.54) is 0 Å². The van der Waals surface area contributed by atoms with E-state index in [4.69, 9.17) is 5.73 Å². The number of nitrogens with one attached hydrogen (secondary N) is 1. The molecule has 0 aliphatic heterocycles. The smallest absolute Gasteiger partial charge is 0.249 e. The average molecular weight is 410 g/mol. The Hall–Kier alpha value is -3.79. The molecular formula is C24H22N6O. The molecule has 3 aromatic rings. The van der Waals surface area contributed by atoms with Crippen molar-refractivity contribution in [3.8, 4) is 17.3 Å². The van der Waals surface area contributed by atoms with Gasteiger partial charge in [0, 0.05) is 35.6 Å². The standard InChI is InChI=1S/C24H22N6O/c1-13-3-4-27-11-16(13)20-7-15-8-21(28-12-17(15)23(26)29-20)30-22(31)6-14-5-18-19(10-25)24(18,2)9-14/h3-4,6-8,11-12,18-19H,5,9H2,1-2H3,(H2,26,29)(H,28,30,31)/b14-6+/t18-,19-,24?/m1/s1. The summed E-state index contributed by atoms with van der Waals surface area (Å²) in [5.74, 6) is 1.16. The molecule has 2 saturated carbocycles. The predicted molar refractivity (Wildman–Crippen MR) is 119 cm³/mol. The van der Waals surface area contributed by atoms with Crippen molar-refractivity contribution in [3.05, 3.63) is 54.0 Å². The number of carbonyl (C=O) groups is 1. The van der Waals surface area contributed by atoms with Gasteiger partial charge in [-0.15, -0.1) is 0 Å². The normalized spacial score (nSPS) is 25.3. The number of fused-ring (bicyclic) bond motifs is 2. The van der Waals surface area contributed by atoms with Crippen LogP contribution in [-0.2, 0) is 4.79 Å². The first-order valence-electron chi connectivity index (χ1n) is 10.3. The second kappa shape index (κ2) is 6.88. The minimum absolute atomic E-state index is 0.0490. The number of allylic oxidation sites excluding steroid dienone is 1. The van der Waals surface area contributed by atoms with E-state index in [2.05, 4.69) is 33.3 Å². The summed E-state index contributed by atoms with van der Waals surface area (Å²) < 4.78 is 0. The first kappa shape index (κ1) is 19.2. The summed E-state index contributed by atoms with van der Waals surface area (Å²) in [6.07, 6.45) is 8.42. The molecule has 2 aliphatic carbocycles. The third kappa shape index (κ3) is 3.21. The Bertz CT molecular complexity index is 1310. The van der Waals surface area contributed by atoms with Gasteiger partial charge in [0.25, 0.3) is 0 Å². The van der Waals surface area contributed by atoms with Crippen molar-refractivity contribution in [2.24, 2.45) is 17.3 Å². The molecule has 7 heteroatoms. The molecule has 1 unspecified atom stereocenters. The highest BCUT2D eigenvalue weighted by Crippen LogP contribution is 2.69. The minimum atomic E-state index is -0.203. The van der Waals surface area contributed by atoms with Gasteiger partial charge in [0.05, 0.1) is 17.7 Å². The van der Waals surface area contributed by atoms with E-state index >= 15 is 0 Å². The van der Waals surface area contributed by atoms with E-state index in [1.807, 2.05) is 19.1 Å². The van der Waals surface area contributed by atoms with Crippen LogP contribution in [0.5, 0.6) is 0 Å². The second-order valence-electron chi connectivity index (χ2n) is 8.77. The van der Waals surface area contributed by atoms with Gasteiger partial charge in [-0.3, -0.25) is 9.78 Å². The van der Waals surface area contributed by atoms with Crippen LogP contribution in [-0.4, -0.2) is 20.9 Å². The summed E-state index contributed by atoms with van der Waals surface area (Å²) in [5, 5.41) is 13.6. The van der Waals surface area contributed by atoms with Gasteiger partial charge in [0.1, 0.15) is 11.6 Å². The van der Waals surface area contributed by atoms with Gasteiger partial charge in [-0.25, -0.2) is 9.97 Å². The zero-order valence-corrected chi connectivity index (χ0v) is 17.4. The number of nitriles is 1. The van der Waals surface area contributed by atoms with Crippen LogP contribution in [0.4, 0.5) is 11.6 Å². The van der Waals surface area contributed by atoms with E-state index in [-0.39, 0.29) is 17.2 Å². The maximum Gasteiger partial charge on any atom is 0.249 e. The lowest BCUT2D eigenvalue weighted by Gasteiger charge is -2.10. The Morgan fingerprint density at radius 3 is 2.94 bits per heavy atom. The molecule has 3 atom stereocenters. The number of nitrogen functional groups attached to an aromatic ring is 1. The van der Waals surface area contributed by atoms with Crippen molar-refractivity contribution in [1.82, 2.24) is 15.0 Å². The fraction of sp³-hybridized carbons (Fsp3) is 0.292. The minimum Gasteiger partial charge on any atom is -0.383 e. The Balaban J connectivity index is 1.39. The lowest BCUT2D eigenvalue weighted by molar-refractivity contribution is -0.112. The van der Waals surface area contributed by atoms with Crippen molar-refractivity contribution >= 4 is 28.3 Å². The summed E-state index contributed by atoms with van der Waals surface area (Å²) in [4.78, 5) is 25.6. The monoisotopic (exact) mass is 410 g/mol. The molecule has 0 aromatic carbocycles. The van der Waals surface area contributed by atoms with E-state index in [1.54, 1.807) is 30.7 Å². The number of aryl methyl sites for hydroxylation is 1. The lowest BCUT2D eigenvalue weighted by atomic mass is 9.99. The van der Waals surface area contributed by atoms with Crippen LogP contribution >= 0.6 is 0 Å². The highest BCUT2D eigenvalue weighted by atomic mass is 16.1. The van der Waals surface area contributed by atoms with Crippen LogP contribution in [0.1, 0.15) is 25.3 Å². The molecule has 0 radical (unpaired) electrons. The molecule has 7 nitrogen and oxygen atoms in total. The number of hydrogen-bond donors (Lipinski definition) is 2. The Morgan fingerprint density at radius 1 is 1.39 bits per heavy atom. The third-order valence-electron chi connectivity index (χ3n) is 6.73. The molecule has 2 aliphatic rings. The quantitative estimate of drug-likeness (QED) is 0.630. The van der Waals surface area contributed by atoms with Crippen LogP contribution in [0.15, 0.2) is 48.4 Å². The van der Waals surface area contributed by atoms with Crippen molar-refractivity contribution < 1.29 is 4.79 Å². The van der Waals surface area contributed by atoms with Crippen molar-refractivity contribution in [1.29, 1.82) is 5.26 Å². The number of hydrogen-bond acceptors (Lipinski definition) is 6. The van der Waals surface area contributed by atoms with Crippen LogP contribution < -0.4 is 11.1 Å². The van der Waals surface area contributed by atoms with E-state index in [0.717, 1.165) is 46.0 Å². The SMILES string of the molecule is Cc1ccncc1-c1cc2cc(NC(=O)/C=C3\C[C@@H]4[C@@H](C#N)C4(C)C3)ncc2c(N)n1. The van der Waals surface area contributed by atoms with E-state index in [0.29, 0.717) is 17.6 Å². The molecule has 3 heterocycles. The fourth-order valence-electron chi connectivity index (χ4n) is 4.90. The third-order valence-corrected chi connectivity index (χ3v) is 6.73. The Labute approximate surface area is 180 Å². The number of aromatic nitrogens is 3. The predicted octanol–water partition coefficient (Wildman–Crippen LogP) is 4.02. The number of carbonyl (C=O) groups excluding carboxylic acids is 1. The van der Waals surface area contributed by atoms with Gasteiger partial charge in [0.2, 0.25) is 5.91 Å². The molecule has 2 fully saturated rings. The number of amides is 1. The van der Waals surface area contributed by atoms with Gasteiger partial charge >= 0.3 is 0 Å². The molecule has 0 saturated heterocycles. The maximum absolute atomic E-state index is 12.5. The van der Waals surface area contributed by atoms with Crippen molar-refractivity contribution in [2.45, 2.75) is 26.7 Å². The largest absolute Gasteiger partial charge is 0.383 e. The highest BCUT2D eigenvalue weighted by Gasteiger charge is 2.65. The van der Waals surface area contributed by atoms with Crippen LogP contribution in [0.25, 0.3) is 22.0 Å². The summed E-state index contributed by atoms with van der Waals surface area (Å²) in [6.45, 7) is 4.13. The van der Waals surface area contributed by atoms with Crippen LogP contribution in [0, 0.1) is 35.5 Å². The Kier molecular flexibility index (Phi) is 4.26. The number of nitrogens with zero attached hydrogens (tertiary/aromatic N) is 4. The summed E-state index contributed by atoms with van der Waals surface area (Å²) in [5.41, 5.74) is 10.0. The van der Waals surface area contributed by atoms with Crippen molar-refractivity contribution in [2.75, 3.05) is 11.1 Å². The molecular weight excluding hydrogens is 388 g/mol. The summed E-state index contributed by atoms with van der Waals surface area (Å²) in [6, 6.07) is 8.04. The molecule has 1 amide bonds. The number of nitrogens with two attached hydrogens (primary N) is 1. The van der Waals surface area contributed by atoms with Gasteiger partial charge in [-0.1, -0.05) is 12.5 Å². The summed E-state index contributed by atoms with van der Waals surface area (Å²) >= 11 is 0. The first-order chi connectivity index (χ1) is 14.9. The van der Waals surface area contributed by atoms with Gasteiger partial charge in [-0.05, 0) is 60.2 Å². The number of rotatable bonds is 3. The topological polar surface area (TPSA) is 118 Å².